The molecule has 2 nitrogen and oxygen atoms in total. The molecule has 0 saturated carbocycles. The Kier molecular flexibility index (Phi) is 3.91. The molecule has 19 heavy (non-hydrogen) atoms. The molecule has 0 bridgehead atoms. The number of benzene rings is 1. The van der Waals surface area contributed by atoms with Gasteiger partial charge in [0.05, 0.1) is 0 Å². The van der Waals surface area contributed by atoms with Crippen molar-refractivity contribution < 1.29 is 4.79 Å². The number of carbonyl (C=O) groups is 1. The Labute approximate surface area is 113 Å². The second kappa shape index (κ2) is 5.61. The summed E-state index contributed by atoms with van der Waals surface area (Å²) in [6, 6.07) is 7.79. The van der Waals surface area contributed by atoms with Gasteiger partial charge in [-0.25, -0.2) is 0 Å². The zero-order valence-corrected chi connectivity index (χ0v) is 11.5. The van der Waals surface area contributed by atoms with Crippen molar-refractivity contribution in [1.82, 2.24) is 4.98 Å². The van der Waals surface area contributed by atoms with E-state index in [1.54, 1.807) is 30.6 Å². The van der Waals surface area contributed by atoms with Crippen LogP contribution in [0.15, 0.2) is 42.7 Å². The van der Waals surface area contributed by atoms with Crippen LogP contribution in [-0.2, 0) is 0 Å². The van der Waals surface area contributed by atoms with Crippen molar-refractivity contribution in [1.29, 1.82) is 0 Å². The quantitative estimate of drug-likeness (QED) is 0.611. The van der Waals surface area contributed by atoms with Crippen LogP contribution in [0.1, 0.15) is 32.6 Å². The second-order valence-corrected chi connectivity index (χ2v) is 4.73. The van der Waals surface area contributed by atoms with Gasteiger partial charge in [-0.15, -0.1) is 0 Å². The molecule has 0 spiro atoms. The van der Waals surface area contributed by atoms with Gasteiger partial charge in [0.1, 0.15) is 0 Å². The van der Waals surface area contributed by atoms with Crippen molar-refractivity contribution in [3.8, 4) is 0 Å². The number of rotatable bonds is 3. The number of ketones is 1. The van der Waals surface area contributed by atoms with E-state index in [2.05, 4.69) is 37.9 Å². The summed E-state index contributed by atoms with van der Waals surface area (Å²) in [6.45, 7) is 6.23. The Balaban J connectivity index is 2.24. The first kappa shape index (κ1) is 13.2. The van der Waals surface area contributed by atoms with Gasteiger partial charge in [0.2, 0.25) is 0 Å². The first-order chi connectivity index (χ1) is 9.08. The number of pyridine rings is 1. The fraction of sp³-hybridized carbons (Fsp3) is 0.176. The maximum atomic E-state index is 12.0. The van der Waals surface area contributed by atoms with Gasteiger partial charge in [-0.2, -0.15) is 0 Å². The summed E-state index contributed by atoms with van der Waals surface area (Å²) in [5.74, 6) is -0.0225. The maximum absolute atomic E-state index is 12.0. The Morgan fingerprint density at radius 2 is 1.84 bits per heavy atom. The van der Waals surface area contributed by atoms with E-state index in [0.29, 0.717) is 5.56 Å². The molecule has 2 rings (SSSR count). The summed E-state index contributed by atoms with van der Waals surface area (Å²) in [5, 5.41) is 0. The molecule has 0 unspecified atom stereocenters. The molecule has 96 valence electrons. The lowest BCUT2D eigenvalue weighted by Crippen LogP contribution is -1.94. The summed E-state index contributed by atoms with van der Waals surface area (Å²) < 4.78 is 0. The topological polar surface area (TPSA) is 30.0 Å². The van der Waals surface area contributed by atoms with Crippen LogP contribution >= 0.6 is 0 Å². The minimum absolute atomic E-state index is 0.0225. The molecule has 0 aliphatic carbocycles. The second-order valence-electron chi connectivity index (χ2n) is 4.73. The van der Waals surface area contributed by atoms with E-state index in [-0.39, 0.29) is 5.78 Å². The predicted molar refractivity (Wildman–Crippen MR) is 78.3 cm³/mol. The van der Waals surface area contributed by atoms with Gasteiger partial charge < -0.3 is 0 Å². The third-order valence-electron chi connectivity index (χ3n) is 3.24. The number of hydrogen-bond acceptors (Lipinski definition) is 2. The number of allylic oxidation sites excluding steroid dienone is 1. The largest absolute Gasteiger partial charge is 0.289 e. The molecule has 1 aromatic heterocycles. The van der Waals surface area contributed by atoms with Crippen molar-refractivity contribution >= 4 is 11.9 Å². The molecule has 0 saturated heterocycles. The molecule has 2 heteroatoms. The van der Waals surface area contributed by atoms with Crippen LogP contribution in [0.25, 0.3) is 6.08 Å². The molecular weight excluding hydrogens is 234 g/mol. The highest BCUT2D eigenvalue weighted by Crippen LogP contribution is 2.17. The van der Waals surface area contributed by atoms with E-state index >= 15 is 0 Å². The average Bonchev–Trinajstić information content (AvgIpc) is 2.42. The van der Waals surface area contributed by atoms with Gasteiger partial charge >= 0.3 is 0 Å². The van der Waals surface area contributed by atoms with Gasteiger partial charge in [-0.05, 0) is 61.2 Å². The number of carbonyl (C=O) groups excluding carboxylic acids is 1. The molecule has 1 heterocycles. The normalized spacial score (nSPS) is 10.9. The van der Waals surface area contributed by atoms with Gasteiger partial charge in [-0.3, -0.25) is 9.78 Å². The molecule has 0 fully saturated rings. The SMILES string of the molecule is Cc1cc(C)c(/C=C/C(=O)c2cccnc2)cc1C. The summed E-state index contributed by atoms with van der Waals surface area (Å²) in [6.07, 6.45) is 6.72. The molecule has 1 aromatic carbocycles. The van der Waals surface area contributed by atoms with Gasteiger partial charge in [0, 0.05) is 18.0 Å². The fourth-order valence-electron chi connectivity index (χ4n) is 1.93. The zero-order chi connectivity index (χ0) is 13.8. The van der Waals surface area contributed by atoms with E-state index < -0.39 is 0 Å². The van der Waals surface area contributed by atoms with E-state index in [1.807, 2.05) is 6.08 Å². The van der Waals surface area contributed by atoms with Crippen LogP contribution in [0.5, 0.6) is 0 Å². The van der Waals surface area contributed by atoms with Crippen molar-refractivity contribution in [3.05, 3.63) is 70.6 Å². The molecule has 0 N–H and O–H groups in total. The first-order valence-electron chi connectivity index (χ1n) is 6.28. The lowest BCUT2D eigenvalue weighted by atomic mass is 10.00. The average molecular weight is 251 g/mol. The fourth-order valence-corrected chi connectivity index (χ4v) is 1.93. The highest BCUT2D eigenvalue weighted by atomic mass is 16.1. The monoisotopic (exact) mass is 251 g/mol. The van der Waals surface area contributed by atoms with Crippen molar-refractivity contribution in [2.45, 2.75) is 20.8 Å². The minimum Gasteiger partial charge on any atom is -0.289 e. The Hall–Kier alpha value is -2.22. The number of nitrogens with zero attached hydrogens (tertiary/aromatic N) is 1. The maximum Gasteiger partial charge on any atom is 0.187 e. The van der Waals surface area contributed by atoms with Crippen LogP contribution in [0.2, 0.25) is 0 Å². The van der Waals surface area contributed by atoms with Gasteiger partial charge in [0.15, 0.2) is 5.78 Å². The molecule has 2 aromatic rings. The molecule has 0 radical (unpaired) electrons. The van der Waals surface area contributed by atoms with Crippen LogP contribution in [-0.4, -0.2) is 10.8 Å². The molecule has 0 atom stereocenters. The Morgan fingerprint density at radius 3 is 2.53 bits per heavy atom. The smallest absolute Gasteiger partial charge is 0.187 e. The standard InChI is InChI=1S/C17H17NO/c1-12-9-14(3)15(10-13(12)2)6-7-17(19)16-5-4-8-18-11-16/h4-11H,1-3H3/b7-6+. The molecule has 0 amide bonds. The Morgan fingerprint density at radius 1 is 1.11 bits per heavy atom. The van der Waals surface area contributed by atoms with E-state index in [4.69, 9.17) is 0 Å². The highest BCUT2D eigenvalue weighted by Gasteiger charge is 2.02. The summed E-state index contributed by atoms with van der Waals surface area (Å²) in [4.78, 5) is 15.9. The molecule has 0 aliphatic heterocycles. The van der Waals surface area contributed by atoms with Gasteiger partial charge in [0.25, 0.3) is 0 Å². The van der Waals surface area contributed by atoms with E-state index in [9.17, 15) is 4.79 Å². The molecular formula is C17H17NO. The van der Waals surface area contributed by atoms with Crippen LogP contribution < -0.4 is 0 Å². The molecule has 0 aliphatic rings. The van der Waals surface area contributed by atoms with Gasteiger partial charge in [-0.1, -0.05) is 18.2 Å². The summed E-state index contributed by atoms with van der Waals surface area (Å²) in [5.41, 5.74) is 5.38. The lowest BCUT2D eigenvalue weighted by molar-refractivity contribution is 0.104. The number of hydrogen-bond donors (Lipinski definition) is 0. The number of aromatic nitrogens is 1. The summed E-state index contributed by atoms with van der Waals surface area (Å²) in [7, 11) is 0. The zero-order valence-electron chi connectivity index (χ0n) is 11.5. The van der Waals surface area contributed by atoms with Crippen molar-refractivity contribution in [2.75, 3.05) is 0 Å². The van der Waals surface area contributed by atoms with Crippen molar-refractivity contribution in [2.24, 2.45) is 0 Å². The predicted octanol–water partition coefficient (Wildman–Crippen LogP) is 3.90. The van der Waals surface area contributed by atoms with E-state index in [1.165, 1.54) is 16.7 Å². The number of aryl methyl sites for hydroxylation is 3. The lowest BCUT2D eigenvalue weighted by Gasteiger charge is -2.05. The van der Waals surface area contributed by atoms with Crippen LogP contribution in [0.3, 0.4) is 0 Å². The Bertz CT molecular complexity index is 627. The third-order valence-corrected chi connectivity index (χ3v) is 3.24. The van der Waals surface area contributed by atoms with Crippen LogP contribution in [0, 0.1) is 20.8 Å². The van der Waals surface area contributed by atoms with E-state index in [0.717, 1.165) is 5.56 Å². The first-order valence-corrected chi connectivity index (χ1v) is 6.28. The highest BCUT2D eigenvalue weighted by molar-refractivity contribution is 6.06. The third kappa shape index (κ3) is 3.16. The van der Waals surface area contributed by atoms with Crippen molar-refractivity contribution in [3.63, 3.8) is 0 Å². The minimum atomic E-state index is -0.0225. The summed E-state index contributed by atoms with van der Waals surface area (Å²) >= 11 is 0. The van der Waals surface area contributed by atoms with Crippen LogP contribution in [0.4, 0.5) is 0 Å².